The second kappa shape index (κ2) is 4.45. The Morgan fingerprint density at radius 3 is 2.31 bits per heavy atom. The van der Waals surface area contributed by atoms with Gasteiger partial charge in [0.05, 0.1) is 5.69 Å². The van der Waals surface area contributed by atoms with Crippen LogP contribution in [-0.2, 0) is 5.60 Å². The highest BCUT2D eigenvalue weighted by Gasteiger charge is 2.30. The van der Waals surface area contributed by atoms with Gasteiger partial charge in [0.15, 0.2) is 0 Å². The molecule has 2 heteroatoms. The maximum Gasteiger partial charge on any atom is 0.131 e. The van der Waals surface area contributed by atoms with Crippen molar-refractivity contribution in [3.05, 3.63) is 66.0 Å². The summed E-state index contributed by atoms with van der Waals surface area (Å²) >= 11 is 0. The second-order valence-corrected chi connectivity index (χ2v) is 3.79. The molecule has 1 atom stereocenters. The highest BCUT2D eigenvalue weighted by molar-refractivity contribution is 5.31. The van der Waals surface area contributed by atoms with Crippen molar-refractivity contribution in [3.63, 3.8) is 0 Å². The van der Waals surface area contributed by atoms with Crippen molar-refractivity contribution >= 4 is 0 Å². The Morgan fingerprint density at radius 2 is 1.75 bits per heavy atom. The first-order chi connectivity index (χ1) is 7.77. The van der Waals surface area contributed by atoms with Crippen LogP contribution in [0.1, 0.15) is 24.6 Å². The van der Waals surface area contributed by atoms with Gasteiger partial charge in [0.25, 0.3) is 0 Å². The third kappa shape index (κ3) is 1.84. The maximum atomic E-state index is 10.7. The molecule has 0 aliphatic heterocycles. The van der Waals surface area contributed by atoms with E-state index in [0.717, 1.165) is 5.56 Å². The molecule has 1 heterocycles. The molecule has 0 unspecified atom stereocenters. The first-order valence-corrected chi connectivity index (χ1v) is 5.47. The lowest BCUT2D eigenvalue weighted by Gasteiger charge is -2.26. The van der Waals surface area contributed by atoms with Gasteiger partial charge in [-0.3, -0.25) is 4.98 Å². The molecule has 1 aromatic carbocycles. The highest BCUT2D eigenvalue weighted by atomic mass is 16.3. The van der Waals surface area contributed by atoms with E-state index >= 15 is 0 Å². The molecule has 0 spiro atoms. The standard InChI is InChI=1S/C14H15NO/c1-2-14(16,12-8-4-3-5-9-12)13-10-6-7-11-15-13/h3-11,16H,2H2,1H3/t14-/m1/s1. The van der Waals surface area contributed by atoms with Crippen LogP contribution in [0.15, 0.2) is 54.7 Å². The van der Waals surface area contributed by atoms with E-state index in [2.05, 4.69) is 4.98 Å². The number of nitrogens with zero attached hydrogens (tertiary/aromatic N) is 1. The van der Waals surface area contributed by atoms with Crippen LogP contribution in [0.2, 0.25) is 0 Å². The third-order valence-corrected chi connectivity index (χ3v) is 2.85. The SMILES string of the molecule is CC[C@@](O)(c1ccccc1)c1ccccn1. The monoisotopic (exact) mass is 213 g/mol. The minimum atomic E-state index is -0.984. The molecule has 16 heavy (non-hydrogen) atoms. The smallest absolute Gasteiger partial charge is 0.131 e. The van der Waals surface area contributed by atoms with Crippen molar-refractivity contribution in [1.29, 1.82) is 0 Å². The van der Waals surface area contributed by atoms with Gasteiger partial charge >= 0.3 is 0 Å². The molecule has 0 aliphatic carbocycles. The van der Waals surface area contributed by atoms with Gasteiger partial charge in [-0.25, -0.2) is 0 Å². The molecular formula is C14H15NO. The predicted molar refractivity (Wildman–Crippen MR) is 64.0 cm³/mol. The Kier molecular flexibility index (Phi) is 3.02. The Bertz CT molecular complexity index is 399. The lowest BCUT2D eigenvalue weighted by molar-refractivity contribution is 0.0719. The van der Waals surface area contributed by atoms with Crippen LogP contribution in [-0.4, -0.2) is 10.1 Å². The summed E-state index contributed by atoms with van der Waals surface area (Å²) < 4.78 is 0. The van der Waals surface area contributed by atoms with Gasteiger partial charge in [-0.2, -0.15) is 0 Å². The molecule has 2 aromatic rings. The minimum Gasteiger partial charge on any atom is -0.379 e. The third-order valence-electron chi connectivity index (χ3n) is 2.85. The molecule has 2 rings (SSSR count). The average Bonchev–Trinajstić information content (AvgIpc) is 2.40. The maximum absolute atomic E-state index is 10.7. The average molecular weight is 213 g/mol. The minimum absolute atomic E-state index is 0.605. The lowest BCUT2D eigenvalue weighted by Crippen LogP contribution is -2.27. The zero-order valence-electron chi connectivity index (χ0n) is 9.30. The molecular weight excluding hydrogens is 198 g/mol. The van der Waals surface area contributed by atoms with E-state index < -0.39 is 5.60 Å². The van der Waals surface area contributed by atoms with E-state index in [1.54, 1.807) is 6.20 Å². The van der Waals surface area contributed by atoms with E-state index in [9.17, 15) is 5.11 Å². The van der Waals surface area contributed by atoms with E-state index in [1.807, 2.05) is 55.5 Å². The fourth-order valence-corrected chi connectivity index (χ4v) is 1.85. The summed E-state index contributed by atoms with van der Waals surface area (Å²) in [6.07, 6.45) is 2.31. The Labute approximate surface area is 95.6 Å². The number of pyridine rings is 1. The number of benzene rings is 1. The van der Waals surface area contributed by atoms with Crippen LogP contribution >= 0.6 is 0 Å². The molecule has 2 nitrogen and oxygen atoms in total. The highest BCUT2D eigenvalue weighted by Crippen LogP contribution is 2.30. The quantitative estimate of drug-likeness (QED) is 0.850. The largest absolute Gasteiger partial charge is 0.379 e. The van der Waals surface area contributed by atoms with Gasteiger partial charge in [-0.15, -0.1) is 0 Å². The molecule has 1 N–H and O–H groups in total. The molecule has 0 radical (unpaired) electrons. The van der Waals surface area contributed by atoms with E-state index in [4.69, 9.17) is 0 Å². The lowest BCUT2D eigenvalue weighted by atomic mass is 9.87. The molecule has 0 amide bonds. The summed E-state index contributed by atoms with van der Waals surface area (Å²) in [4.78, 5) is 4.25. The number of hydrogen-bond acceptors (Lipinski definition) is 2. The summed E-state index contributed by atoms with van der Waals surface area (Å²) in [7, 11) is 0. The summed E-state index contributed by atoms with van der Waals surface area (Å²) in [6, 6.07) is 15.3. The van der Waals surface area contributed by atoms with E-state index in [-0.39, 0.29) is 0 Å². The van der Waals surface area contributed by atoms with Crippen LogP contribution in [0.4, 0.5) is 0 Å². The molecule has 0 saturated heterocycles. The molecule has 0 aliphatic rings. The van der Waals surface area contributed by atoms with Crippen LogP contribution in [0.25, 0.3) is 0 Å². The number of aliphatic hydroxyl groups is 1. The summed E-state index contributed by atoms with van der Waals surface area (Å²) in [6.45, 7) is 1.96. The van der Waals surface area contributed by atoms with Crippen molar-refractivity contribution < 1.29 is 5.11 Å². The van der Waals surface area contributed by atoms with Crippen molar-refractivity contribution in [3.8, 4) is 0 Å². The fourth-order valence-electron chi connectivity index (χ4n) is 1.85. The molecule has 0 bridgehead atoms. The van der Waals surface area contributed by atoms with Gasteiger partial charge in [-0.1, -0.05) is 43.3 Å². The van der Waals surface area contributed by atoms with Gasteiger partial charge in [0.2, 0.25) is 0 Å². The zero-order valence-corrected chi connectivity index (χ0v) is 9.30. The first kappa shape index (κ1) is 10.8. The normalized spacial score (nSPS) is 14.4. The van der Waals surface area contributed by atoms with Crippen molar-refractivity contribution in [2.75, 3.05) is 0 Å². The Hall–Kier alpha value is -1.67. The van der Waals surface area contributed by atoms with Crippen LogP contribution in [0, 0.1) is 0 Å². The first-order valence-electron chi connectivity index (χ1n) is 5.47. The summed E-state index contributed by atoms with van der Waals surface area (Å²) in [5.41, 5.74) is 0.600. The van der Waals surface area contributed by atoms with Gasteiger partial charge in [0, 0.05) is 6.20 Å². The number of hydrogen-bond donors (Lipinski definition) is 1. The van der Waals surface area contributed by atoms with Crippen molar-refractivity contribution in [1.82, 2.24) is 4.98 Å². The fraction of sp³-hybridized carbons (Fsp3) is 0.214. The van der Waals surface area contributed by atoms with Gasteiger partial charge < -0.3 is 5.11 Å². The second-order valence-electron chi connectivity index (χ2n) is 3.79. The van der Waals surface area contributed by atoms with E-state index in [0.29, 0.717) is 12.1 Å². The summed E-state index contributed by atoms with van der Waals surface area (Å²) in [5.74, 6) is 0. The molecule has 82 valence electrons. The molecule has 1 aromatic heterocycles. The van der Waals surface area contributed by atoms with E-state index in [1.165, 1.54) is 0 Å². The van der Waals surface area contributed by atoms with Crippen LogP contribution in [0.5, 0.6) is 0 Å². The summed E-state index contributed by atoms with van der Waals surface area (Å²) in [5, 5.41) is 10.7. The van der Waals surface area contributed by atoms with Crippen LogP contribution < -0.4 is 0 Å². The Morgan fingerprint density at radius 1 is 1.06 bits per heavy atom. The Balaban J connectivity index is 2.49. The van der Waals surface area contributed by atoms with Gasteiger partial charge in [0.1, 0.15) is 5.60 Å². The van der Waals surface area contributed by atoms with Gasteiger partial charge in [-0.05, 0) is 24.1 Å². The molecule has 0 saturated carbocycles. The number of aromatic nitrogens is 1. The molecule has 0 fully saturated rings. The zero-order chi connectivity index (χ0) is 11.4. The predicted octanol–water partition coefficient (Wildman–Crippen LogP) is 2.73. The van der Waals surface area contributed by atoms with Crippen molar-refractivity contribution in [2.45, 2.75) is 18.9 Å². The van der Waals surface area contributed by atoms with Crippen molar-refractivity contribution in [2.24, 2.45) is 0 Å². The number of rotatable bonds is 3. The topological polar surface area (TPSA) is 33.1 Å². The van der Waals surface area contributed by atoms with Crippen LogP contribution in [0.3, 0.4) is 0 Å².